The molecule has 1 aliphatic rings. The summed E-state index contributed by atoms with van der Waals surface area (Å²) in [6, 6.07) is 7.15. The molecule has 1 saturated heterocycles. The summed E-state index contributed by atoms with van der Waals surface area (Å²) in [5.41, 5.74) is -0.370. The van der Waals surface area contributed by atoms with Crippen molar-refractivity contribution in [3.8, 4) is 0 Å². The van der Waals surface area contributed by atoms with E-state index >= 15 is 0 Å². The molecule has 0 bridgehead atoms. The Labute approximate surface area is 240 Å². The van der Waals surface area contributed by atoms with Crippen LogP contribution in [0.3, 0.4) is 0 Å². The number of aryl methyl sites for hydroxylation is 1. The number of nitrogens with one attached hydrogen (secondary N) is 1. The molecule has 2 aromatic heterocycles. The number of carbonyl (C=O) groups is 3. The third kappa shape index (κ3) is 10.0. The van der Waals surface area contributed by atoms with Gasteiger partial charge in [0.15, 0.2) is 0 Å². The number of carboxylic acid groups (broad SMARTS) is 1. The summed E-state index contributed by atoms with van der Waals surface area (Å²) in [5, 5.41) is 12.9. The van der Waals surface area contributed by atoms with Gasteiger partial charge >= 0.3 is 18.3 Å². The third-order valence-corrected chi connectivity index (χ3v) is 6.00. The zero-order chi connectivity index (χ0) is 30.4. The van der Waals surface area contributed by atoms with Gasteiger partial charge < -0.3 is 34.0 Å². The topological polar surface area (TPSA) is 144 Å². The SMILES string of the molecule is Cc1cc(CC2CN(C(=O)O)CC2OCCNCc2ccco2)nc(N(C(=O)OC(C)(C)C)C(=O)OC(C)(C)C)c1. The summed E-state index contributed by atoms with van der Waals surface area (Å²) in [7, 11) is 0. The maximum atomic E-state index is 13.1. The van der Waals surface area contributed by atoms with Crippen LogP contribution in [0, 0.1) is 12.8 Å². The van der Waals surface area contributed by atoms with E-state index in [2.05, 4.69) is 10.3 Å². The van der Waals surface area contributed by atoms with E-state index < -0.39 is 29.5 Å². The number of amides is 3. The number of aromatic nitrogens is 1. The molecule has 12 heteroatoms. The van der Waals surface area contributed by atoms with Gasteiger partial charge in [0.1, 0.15) is 22.8 Å². The summed E-state index contributed by atoms with van der Waals surface area (Å²) in [6.07, 6.45) is -1.19. The minimum absolute atomic E-state index is 0.0659. The van der Waals surface area contributed by atoms with Crippen LogP contribution in [0.5, 0.6) is 0 Å². The van der Waals surface area contributed by atoms with Gasteiger partial charge in [0.25, 0.3) is 0 Å². The zero-order valence-electron chi connectivity index (χ0n) is 24.9. The van der Waals surface area contributed by atoms with Gasteiger partial charge in [-0.1, -0.05) is 0 Å². The van der Waals surface area contributed by atoms with E-state index in [1.165, 1.54) is 4.90 Å². The van der Waals surface area contributed by atoms with Crippen molar-refractivity contribution in [3.05, 3.63) is 47.5 Å². The number of carbonyl (C=O) groups excluding carboxylic acids is 2. The normalized spacial score (nSPS) is 17.4. The molecule has 0 aliphatic carbocycles. The summed E-state index contributed by atoms with van der Waals surface area (Å²) >= 11 is 0. The van der Waals surface area contributed by atoms with Gasteiger partial charge in [-0.05, 0) is 84.7 Å². The lowest BCUT2D eigenvalue weighted by molar-refractivity contribution is 0.0356. The molecule has 1 aliphatic heterocycles. The standard InChI is InChI=1S/C29H42N4O8/c1-19-13-21(31-24(14-19)33(26(36)40-28(2,3)4)27(37)41-29(5,6)7)15-20-17-32(25(34)35)18-23(20)39-12-10-30-16-22-9-8-11-38-22/h8-9,11,13-14,20,23,30H,10,12,15-18H2,1-7H3,(H,34,35). The molecule has 2 unspecified atom stereocenters. The molecule has 0 spiro atoms. The number of nitrogens with zero attached hydrogens (tertiary/aromatic N) is 3. The van der Waals surface area contributed by atoms with Gasteiger partial charge in [0.05, 0.1) is 32.1 Å². The van der Waals surface area contributed by atoms with Crippen molar-refractivity contribution in [2.24, 2.45) is 5.92 Å². The predicted molar refractivity (Wildman–Crippen MR) is 151 cm³/mol. The highest BCUT2D eigenvalue weighted by atomic mass is 16.6. The molecule has 226 valence electrons. The van der Waals surface area contributed by atoms with Crippen LogP contribution < -0.4 is 10.2 Å². The smallest absolute Gasteiger partial charge is 0.425 e. The molecule has 12 nitrogen and oxygen atoms in total. The van der Waals surface area contributed by atoms with Crippen LogP contribution >= 0.6 is 0 Å². The van der Waals surface area contributed by atoms with Crippen LogP contribution in [0.2, 0.25) is 0 Å². The van der Waals surface area contributed by atoms with E-state index in [4.69, 9.17) is 18.6 Å². The van der Waals surface area contributed by atoms with Gasteiger partial charge in [0, 0.05) is 24.7 Å². The Kier molecular flexibility index (Phi) is 10.4. The van der Waals surface area contributed by atoms with Crippen molar-refractivity contribution in [1.29, 1.82) is 0 Å². The Morgan fingerprint density at radius 2 is 1.76 bits per heavy atom. The number of imide groups is 1. The number of anilines is 1. The second-order valence-electron chi connectivity index (χ2n) is 12.1. The molecule has 0 aromatic carbocycles. The van der Waals surface area contributed by atoms with Gasteiger partial charge in [-0.25, -0.2) is 19.4 Å². The average molecular weight is 575 g/mol. The molecule has 1 fully saturated rings. The number of likely N-dealkylation sites (tertiary alicyclic amines) is 1. The first-order chi connectivity index (χ1) is 19.1. The number of rotatable bonds is 9. The first-order valence-corrected chi connectivity index (χ1v) is 13.7. The largest absolute Gasteiger partial charge is 0.468 e. The molecule has 2 aromatic rings. The highest BCUT2D eigenvalue weighted by Crippen LogP contribution is 2.27. The fourth-order valence-corrected chi connectivity index (χ4v) is 4.37. The summed E-state index contributed by atoms with van der Waals surface area (Å²) in [5.74, 6) is 0.694. The van der Waals surface area contributed by atoms with Gasteiger partial charge in [-0.15, -0.1) is 0 Å². The van der Waals surface area contributed by atoms with Crippen LogP contribution in [0.15, 0.2) is 34.9 Å². The Bertz CT molecular complexity index is 1160. The van der Waals surface area contributed by atoms with Gasteiger partial charge in [-0.2, -0.15) is 4.90 Å². The lowest BCUT2D eigenvalue weighted by Crippen LogP contribution is -2.44. The van der Waals surface area contributed by atoms with E-state index in [0.717, 1.165) is 16.2 Å². The van der Waals surface area contributed by atoms with E-state index in [1.807, 2.05) is 25.1 Å². The van der Waals surface area contributed by atoms with E-state index in [-0.39, 0.29) is 30.9 Å². The Balaban J connectivity index is 1.77. The maximum Gasteiger partial charge on any atom is 0.425 e. The Hall–Kier alpha value is -3.64. The number of pyridine rings is 1. The maximum absolute atomic E-state index is 13.1. The third-order valence-electron chi connectivity index (χ3n) is 6.00. The second kappa shape index (κ2) is 13.3. The summed E-state index contributed by atoms with van der Waals surface area (Å²) < 4.78 is 22.4. The molecule has 3 amide bonds. The average Bonchev–Trinajstić information content (AvgIpc) is 3.46. The van der Waals surface area contributed by atoms with E-state index in [0.29, 0.717) is 31.8 Å². The molecule has 41 heavy (non-hydrogen) atoms. The van der Waals surface area contributed by atoms with Crippen molar-refractivity contribution in [3.63, 3.8) is 0 Å². The van der Waals surface area contributed by atoms with Gasteiger partial charge in [-0.3, -0.25) is 0 Å². The minimum Gasteiger partial charge on any atom is -0.468 e. The fourth-order valence-electron chi connectivity index (χ4n) is 4.37. The van der Waals surface area contributed by atoms with E-state index in [9.17, 15) is 19.5 Å². The van der Waals surface area contributed by atoms with Crippen molar-refractivity contribution in [1.82, 2.24) is 15.2 Å². The second-order valence-corrected chi connectivity index (χ2v) is 12.1. The molecule has 0 radical (unpaired) electrons. The van der Waals surface area contributed by atoms with Crippen molar-refractivity contribution in [2.45, 2.75) is 78.7 Å². The Morgan fingerprint density at radius 1 is 1.10 bits per heavy atom. The van der Waals surface area contributed by atoms with Crippen molar-refractivity contribution >= 4 is 24.1 Å². The van der Waals surface area contributed by atoms with Gasteiger partial charge in [0.2, 0.25) is 0 Å². The van der Waals surface area contributed by atoms with Crippen LogP contribution in [0.4, 0.5) is 20.2 Å². The number of furan rings is 1. The zero-order valence-corrected chi connectivity index (χ0v) is 24.9. The van der Waals surface area contributed by atoms with Crippen LogP contribution in [0.1, 0.15) is 58.6 Å². The van der Waals surface area contributed by atoms with Crippen LogP contribution in [-0.2, 0) is 27.2 Å². The molecule has 3 rings (SSSR count). The first-order valence-electron chi connectivity index (χ1n) is 13.7. The number of hydrogen-bond donors (Lipinski definition) is 2. The Morgan fingerprint density at radius 3 is 2.32 bits per heavy atom. The molecular weight excluding hydrogens is 532 g/mol. The number of ether oxygens (including phenoxy) is 3. The van der Waals surface area contributed by atoms with Crippen LogP contribution in [-0.4, -0.2) is 76.8 Å². The molecule has 2 atom stereocenters. The van der Waals surface area contributed by atoms with Crippen molar-refractivity contribution in [2.75, 3.05) is 31.1 Å². The minimum atomic E-state index is -1.02. The molecule has 3 heterocycles. The lowest BCUT2D eigenvalue weighted by atomic mass is 9.98. The molecule has 0 saturated carbocycles. The summed E-state index contributed by atoms with van der Waals surface area (Å²) in [4.78, 5) is 44.8. The predicted octanol–water partition coefficient (Wildman–Crippen LogP) is 4.99. The highest BCUT2D eigenvalue weighted by molar-refractivity contribution is 6.08. The lowest BCUT2D eigenvalue weighted by Gasteiger charge is -2.28. The number of hydrogen-bond acceptors (Lipinski definition) is 9. The first kappa shape index (κ1) is 31.9. The monoisotopic (exact) mass is 574 g/mol. The molecule has 2 N–H and O–H groups in total. The summed E-state index contributed by atoms with van der Waals surface area (Å²) in [6.45, 7) is 14.1. The molecular formula is C29H42N4O8. The quantitative estimate of drug-likeness (QED) is 0.393. The van der Waals surface area contributed by atoms with Crippen molar-refractivity contribution < 1.29 is 38.1 Å². The van der Waals surface area contributed by atoms with Crippen LogP contribution in [0.25, 0.3) is 0 Å². The van der Waals surface area contributed by atoms with E-state index in [1.54, 1.807) is 53.9 Å². The highest BCUT2D eigenvalue weighted by Gasteiger charge is 2.37. The fraction of sp³-hybridized carbons (Fsp3) is 0.586.